The Hall–Kier alpha value is 0.180. The molecule has 0 radical (unpaired) electrons. The Kier molecular flexibility index (Phi) is 4.86. The van der Waals surface area contributed by atoms with Gasteiger partial charge in [-0.05, 0) is 48.3 Å². The van der Waals surface area contributed by atoms with Gasteiger partial charge in [0.2, 0.25) is 0 Å². The van der Waals surface area contributed by atoms with E-state index in [4.69, 9.17) is 0 Å². The van der Waals surface area contributed by atoms with E-state index in [0.717, 1.165) is 0 Å². The van der Waals surface area contributed by atoms with Crippen molar-refractivity contribution in [3.63, 3.8) is 0 Å². The highest BCUT2D eigenvalue weighted by atomic mass is 31.1. The van der Waals surface area contributed by atoms with Gasteiger partial charge in [0.1, 0.15) is 0 Å². The van der Waals surface area contributed by atoms with Crippen LogP contribution in [0, 0.1) is 0 Å². The average Bonchev–Trinajstić information content (AvgIpc) is 3.01. The van der Waals surface area contributed by atoms with Gasteiger partial charge in [0.25, 0.3) is 0 Å². The topological polar surface area (TPSA) is 0 Å². The highest BCUT2D eigenvalue weighted by Crippen LogP contribution is 2.80. The molecule has 0 amide bonds. The SMILES string of the molecule is C[C@@H]1CC[C@@H](C)P1C1=C(P2[C@H](C)CC[C@H]2C)C(F)(F)C(F)(F)C1(F)F. The van der Waals surface area contributed by atoms with Gasteiger partial charge < -0.3 is 0 Å². The molecular weight excluding hydrogens is 380 g/mol. The molecule has 0 aromatic carbocycles. The quantitative estimate of drug-likeness (QED) is 0.337. The third-order valence-electron chi connectivity index (χ3n) is 6.03. The van der Waals surface area contributed by atoms with E-state index < -0.39 is 44.2 Å². The molecule has 0 unspecified atom stereocenters. The van der Waals surface area contributed by atoms with Gasteiger partial charge in [0.15, 0.2) is 0 Å². The lowest BCUT2D eigenvalue weighted by Gasteiger charge is -2.31. The van der Waals surface area contributed by atoms with Crippen LogP contribution in [-0.4, -0.2) is 40.4 Å². The van der Waals surface area contributed by atoms with Gasteiger partial charge in [-0.3, -0.25) is 0 Å². The second kappa shape index (κ2) is 6.09. The lowest BCUT2D eigenvalue weighted by atomic mass is 10.2. The van der Waals surface area contributed by atoms with Crippen molar-refractivity contribution >= 4 is 15.8 Å². The van der Waals surface area contributed by atoms with Crippen molar-refractivity contribution in [2.45, 2.75) is 93.8 Å². The van der Waals surface area contributed by atoms with Crippen LogP contribution in [0.15, 0.2) is 10.6 Å². The second-order valence-electron chi connectivity index (χ2n) is 7.79. The molecule has 0 nitrogen and oxygen atoms in total. The van der Waals surface area contributed by atoms with Crippen molar-refractivity contribution in [3.05, 3.63) is 10.6 Å². The molecule has 0 aromatic heterocycles. The first-order chi connectivity index (χ1) is 11.4. The van der Waals surface area contributed by atoms with Crippen molar-refractivity contribution in [1.29, 1.82) is 0 Å². The zero-order chi connectivity index (χ0) is 18.9. The van der Waals surface area contributed by atoms with Crippen molar-refractivity contribution in [1.82, 2.24) is 0 Å². The summed E-state index contributed by atoms with van der Waals surface area (Å²) < 4.78 is 87.7. The molecule has 3 aliphatic rings. The van der Waals surface area contributed by atoms with Gasteiger partial charge in [-0.25, -0.2) is 0 Å². The zero-order valence-electron chi connectivity index (χ0n) is 14.8. The molecular formula is C17H24F6P2. The van der Waals surface area contributed by atoms with Crippen LogP contribution in [0.3, 0.4) is 0 Å². The molecule has 0 spiro atoms. The Bertz CT molecular complexity index is 520. The monoisotopic (exact) mass is 404 g/mol. The van der Waals surface area contributed by atoms with Crippen LogP contribution in [0.25, 0.3) is 0 Å². The molecule has 144 valence electrons. The summed E-state index contributed by atoms with van der Waals surface area (Å²) in [5, 5.41) is -1.66. The minimum Gasteiger partial charge on any atom is -0.194 e. The smallest absolute Gasteiger partial charge is 0.194 e. The van der Waals surface area contributed by atoms with E-state index in [1.165, 1.54) is 0 Å². The number of rotatable bonds is 2. The Labute approximate surface area is 147 Å². The van der Waals surface area contributed by atoms with Crippen molar-refractivity contribution < 1.29 is 26.3 Å². The van der Waals surface area contributed by atoms with Crippen molar-refractivity contribution in [2.24, 2.45) is 0 Å². The molecule has 1 aliphatic carbocycles. The van der Waals surface area contributed by atoms with Gasteiger partial charge in [-0.2, -0.15) is 26.3 Å². The summed E-state index contributed by atoms with van der Waals surface area (Å²) >= 11 is 0. The van der Waals surface area contributed by atoms with E-state index in [9.17, 15) is 26.3 Å². The Morgan fingerprint density at radius 2 is 0.840 bits per heavy atom. The van der Waals surface area contributed by atoms with Crippen LogP contribution in [0.4, 0.5) is 26.3 Å². The fourth-order valence-electron chi connectivity index (χ4n) is 4.63. The number of alkyl halides is 6. The van der Waals surface area contributed by atoms with Crippen molar-refractivity contribution in [3.8, 4) is 0 Å². The van der Waals surface area contributed by atoms with Gasteiger partial charge in [0, 0.05) is 10.6 Å². The number of allylic oxidation sites excluding steroid dienone is 2. The highest BCUT2D eigenvalue weighted by Gasteiger charge is 2.82. The summed E-state index contributed by atoms with van der Waals surface area (Å²) in [4.78, 5) is 0. The van der Waals surface area contributed by atoms with Crippen LogP contribution < -0.4 is 0 Å². The lowest BCUT2D eigenvalue weighted by Crippen LogP contribution is -2.49. The normalized spacial score (nSPS) is 41.0. The first-order valence-corrected chi connectivity index (χ1v) is 11.8. The maximum Gasteiger partial charge on any atom is 0.380 e. The first kappa shape index (κ1) is 19.9. The summed E-state index contributed by atoms with van der Waals surface area (Å²) in [6.07, 6.45) is 2.56. The standard InChI is InChI=1S/C17H24F6P2/c1-9-5-6-10(2)24(9)13-14(25-11(3)7-8-12(25)4)16(20,21)17(22,23)15(13,18)19/h9-12H,5-8H2,1-4H3/t9-,10-,11-,12-/m1/s1. The lowest BCUT2D eigenvalue weighted by molar-refractivity contribution is -0.261. The number of hydrogen-bond donors (Lipinski definition) is 0. The predicted molar refractivity (Wildman–Crippen MR) is 92.0 cm³/mol. The van der Waals surface area contributed by atoms with E-state index in [0.29, 0.717) is 25.7 Å². The largest absolute Gasteiger partial charge is 0.380 e. The van der Waals surface area contributed by atoms with E-state index in [2.05, 4.69) is 0 Å². The summed E-state index contributed by atoms with van der Waals surface area (Å²) in [5.41, 5.74) is -0.856. The van der Waals surface area contributed by atoms with Gasteiger partial charge in [-0.1, -0.05) is 43.5 Å². The van der Waals surface area contributed by atoms with Crippen LogP contribution in [0.5, 0.6) is 0 Å². The summed E-state index contributed by atoms with van der Waals surface area (Å²) in [6, 6.07) is 0. The minimum absolute atomic E-state index is 0.214. The Morgan fingerprint density at radius 1 is 0.600 bits per heavy atom. The minimum atomic E-state index is -5.32. The number of hydrogen-bond acceptors (Lipinski definition) is 0. The van der Waals surface area contributed by atoms with E-state index in [-0.39, 0.29) is 22.6 Å². The molecule has 2 saturated heterocycles. The van der Waals surface area contributed by atoms with Crippen LogP contribution in [0.2, 0.25) is 0 Å². The van der Waals surface area contributed by atoms with Gasteiger partial charge >= 0.3 is 17.8 Å². The first-order valence-electron chi connectivity index (χ1n) is 8.81. The molecule has 2 fully saturated rings. The molecule has 4 atom stereocenters. The fourth-order valence-corrected chi connectivity index (χ4v) is 12.2. The molecule has 0 aromatic rings. The second-order valence-corrected chi connectivity index (χ2v) is 13.8. The third kappa shape index (κ3) is 2.56. The highest BCUT2D eigenvalue weighted by molar-refractivity contribution is 7.68. The van der Waals surface area contributed by atoms with Gasteiger partial charge in [-0.15, -0.1) is 0 Å². The third-order valence-corrected chi connectivity index (χ3v) is 13.1. The fraction of sp³-hybridized carbons (Fsp3) is 0.882. The van der Waals surface area contributed by atoms with E-state index in [1.54, 1.807) is 27.7 Å². The molecule has 0 bridgehead atoms. The van der Waals surface area contributed by atoms with Crippen LogP contribution >= 0.6 is 15.8 Å². The molecule has 2 heterocycles. The molecule has 0 saturated carbocycles. The Morgan fingerprint density at radius 3 is 1.08 bits per heavy atom. The van der Waals surface area contributed by atoms with E-state index >= 15 is 0 Å². The molecule has 3 rings (SSSR count). The average molecular weight is 404 g/mol. The zero-order valence-corrected chi connectivity index (χ0v) is 16.6. The van der Waals surface area contributed by atoms with Crippen LogP contribution in [0.1, 0.15) is 53.4 Å². The molecule has 0 N–H and O–H groups in total. The number of halogens is 6. The van der Waals surface area contributed by atoms with Crippen molar-refractivity contribution in [2.75, 3.05) is 0 Å². The van der Waals surface area contributed by atoms with Gasteiger partial charge in [0.05, 0.1) is 0 Å². The summed E-state index contributed by atoms with van der Waals surface area (Å²) in [6.45, 7) is 7.00. The predicted octanol–water partition coefficient (Wildman–Crippen LogP) is 7.22. The van der Waals surface area contributed by atoms with E-state index in [1.807, 2.05) is 0 Å². The Balaban J connectivity index is 2.26. The maximum atomic E-state index is 14.8. The summed E-state index contributed by atoms with van der Waals surface area (Å²) in [7, 11) is -3.36. The molecule has 8 heteroatoms. The summed E-state index contributed by atoms with van der Waals surface area (Å²) in [5.74, 6) is -14.8. The van der Waals surface area contributed by atoms with Crippen LogP contribution in [-0.2, 0) is 0 Å². The maximum absolute atomic E-state index is 14.8. The molecule has 25 heavy (non-hydrogen) atoms. The molecule has 2 aliphatic heterocycles.